The van der Waals surface area contributed by atoms with Crippen molar-refractivity contribution in [3.63, 3.8) is 0 Å². The Kier molecular flexibility index (Phi) is 3.98. The van der Waals surface area contributed by atoms with Gasteiger partial charge < -0.3 is 4.74 Å². The first kappa shape index (κ1) is 11.7. The Balaban J connectivity index is 1.66. The first-order valence-electron chi connectivity index (χ1n) is 8.21. The summed E-state index contributed by atoms with van der Waals surface area (Å²) < 4.78 is 22.3. The molecule has 2 aromatic rings. The van der Waals surface area contributed by atoms with Crippen LogP contribution in [0.3, 0.4) is 0 Å². The van der Waals surface area contributed by atoms with Gasteiger partial charge in [0.1, 0.15) is 6.20 Å². The molecule has 1 heterocycles. The third-order valence-corrected chi connectivity index (χ3v) is 3.37. The fourth-order valence-corrected chi connectivity index (χ4v) is 2.34. The van der Waals surface area contributed by atoms with Gasteiger partial charge in [-0.1, -0.05) is 60.7 Å². The van der Waals surface area contributed by atoms with Gasteiger partial charge in [-0.3, -0.25) is 9.89 Å². The molecule has 21 heavy (non-hydrogen) atoms. The number of nitrogens with zero attached hydrogens (tertiary/aromatic N) is 2. The van der Waals surface area contributed by atoms with Crippen LogP contribution < -0.4 is 0 Å². The van der Waals surface area contributed by atoms with Crippen LogP contribution in [-0.2, 0) is 4.74 Å². The third-order valence-electron chi connectivity index (χ3n) is 3.37. The third kappa shape index (κ3) is 3.78. The van der Waals surface area contributed by atoms with Crippen LogP contribution in [0.15, 0.2) is 65.7 Å². The summed E-state index contributed by atoms with van der Waals surface area (Å²) in [7, 11) is 0. The molecule has 3 nitrogen and oxygen atoms in total. The van der Waals surface area contributed by atoms with E-state index in [2.05, 4.69) is 4.99 Å². The molecule has 1 aliphatic heterocycles. The van der Waals surface area contributed by atoms with Gasteiger partial charge in [-0.25, -0.2) is 0 Å². The van der Waals surface area contributed by atoms with Gasteiger partial charge in [0.25, 0.3) is 0 Å². The van der Waals surface area contributed by atoms with E-state index in [1.54, 1.807) is 0 Å². The monoisotopic (exact) mass is 282 g/mol. The minimum Gasteiger partial charge on any atom is -0.358 e. The van der Waals surface area contributed by atoms with Gasteiger partial charge in [-0.15, -0.1) is 0 Å². The van der Waals surface area contributed by atoms with Crippen LogP contribution in [0.25, 0.3) is 0 Å². The standard InChI is InChI=1S/C18H20N2O/c1-3-7-16(8-4-1)15-19-11-12-20-13-14-21-18(20)17-9-5-2-6-10-17/h1-10,15,18H,11-14H2/i15D,18D. The molecule has 3 heteroatoms. The van der Waals surface area contributed by atoms with Crippen molar-refractivity contribution in [2.24, 2.45) is 4.99 Å². The Labute approximate surface area is 128 Å². The Morgan fingerprint density at radius 2 is 1.90 bits per heavy atom. The Bertz CT molecular complexity index is 663. The highest BCUT2D eigenvalue weighted by Crippen LogP contribution is 2.25. The number of hydrogen-bond acceptors (Lipinski definition) is 3. The van der Waals surface area contributed by atoms with Crippen LogP contribution >= 0.6 is 0 Å². The van der Waals surface area contributed by atoms with E-state index in [1.165, 1.54) is 0 Å². The number of ether oxygens (including phenoxy) is 1. The molecule has 0 bridgehead atoms. The number of aliphatic imine (C=N–C) groups is 1. The van der Waals surface area contributed by atoms with Crippen LogP contribution in [0, 0.1) is 0 Å². The second kappa shape index (κ2) is 7.16. The van der Waals surface area contributed by atoms with Gasteiger partial charge in [0.15, 0.2) is 0 Å². The first-order chi connectivity index (χ1) is 11.2. The van der Waals surface area contributed by atoms with E-state index < -0.39 is 6.20 Å². The maximum Gasteiger partial charge on any atom is 0.136 e. The zero-order chi connectivity index (χ0) is 16.1. The van der Waals surface area contributed by atoms with Crippen molar-refractivity contribution in [1.29, 1.82) is 0 Å². The molecule has 0 aromatic heterocycles. The van der Waals surface area contributed by atoms with Crippen LogP contribution in [0.4, 0.5) is 0 Å². The molecule has 1 aliphatic rings. The van der Waals surface area contributed by atoms with Gasteiger partial charge in [-0.05, 0) is 11.1 Å². The fraction of sp³-hybridized carbons (Fsp3) is 0.278. The largest absolute Gasteiger partial charge is 0.358 e. The average molecular weight is 282 g/mol. The summed E-state index contributed by atoms with van der Waals surface area (Å²) in [5.41, 5.74) is 1.64. The molecule has 0 aliphatic carbocycles. The molecule has 0 saturated carbocycles. The molecule has 0 N–H and O–H groups in total. The molecular weight excluding hydrogens is 260 g/mol. The molecule has 1 unspecified atom stereocenters. The predicted octanol–water partition coefficient (Wildman–Crippen LogP) is 3.14. The van der Waals surface area contributed by atoms with Crippen LogP contribution in [0.5, 0.6) is 0 Å². The molecular formula is C18H20N2O. The maximum absolute atomic E-state index is 8.64. The zero-order valence-electron chi connectivity index (χ0n) is 13.9. The lowest BCUT2D eigenvalue weighted by atomic mass is 10.2. The van der Waals surface area contributed by atoms with Crippen molar-refractivity contribution in [2.45, 2.75) is 6.20 Å². The van der Waals surface area contributed by atoms with E-state index in [1.807, 2.05) is 65.6 Å². The normalized spacial score (nSPS) is 24.7. The first-order valence-corrected chi connectivity index (χ1v) is 7.21. The second-order valence-electron chi connectivity index (χ2n) is 4.87. The highest BCUT2D eigenvalue weighted by molar-refractivity contribution is 5.79. The van der Waals surface area contributed by atoms with E-state index in [4.69, 9.17) is 7.48 Å². The maximum atomic E-state index is 8.64. The lowest BCUT2D eigenvalue weighted by Crippen LogP contribution is -2.26. The van der Waals surface area contributed by atoms with Gasteiger partial charge in [-0.2, -0.15) is 0 Å². The van der Waals surface area contributed by atoms with Crippen molar-refractivity contribution < 1.29 is 7.48 Å². The fourth-order valence-electron chi connectivity index (χ4n) is 2.34. The highest BCUT2D eigenvalue weighted by atomic mass is 16.5. The lowest BCUT2D eigenvalue weighted by Gasteiger charge is -2.22. The van der Waals surface area contributed by atoms with Gasteiger partial charge in [0, 0.05) is 19.3 Å². The number of benzene rings is 2. The van der Waals surface area contributed by atoms with Crippen molar-refractivity contribution >= 4 is 6.19 Å². The molecule has 2 aromatic carbocycles. The number of hydrogen-bond donors (Lipinski definition) is 0. The molecule has 1 fully saturated rings. The molecule has 1 atom stereocenters. The van der Waals surface area contributed by atoms with E-state index in [0.717, 1.165) is 11.1 Å². The van der Waals surface area contributed by atoms with Crippen LogP contribution in [0.2, 0.25) is 0 Å². The van der Waals surface area contributed by atoms with Crippen molar-refractivity contribution in [3.05, 3.63) is 71.8 Å². The Hall–Kier alpha value is -1.97. The molecule has 0 amide bonds. The number of rotatable bonds is 5. The summed E-state index contributed by atoms with van der Waals surface area (Å²) in [6.07, 6.45) is -0.868. The van der Waals surface area contributed by atoms with Gasteiger partial charge in [0.2, 0.25) is 0 Å². The Morgan fingerprint density at radius 1 is 1.19 bits per heavy atom. The van der Waals surface area contributed by atoms with Crippen LogP contribution in [-0.4, -0.2) is 37.3 Å². The smallest absolute Gasteiger partial charge is 0.136 e. The Morgan fingerprint density at radius 3 is 2.67 bits per heavy atom. The van der Waals surface area contributed by atoms with Crippen molar-refractivity contribution in [2.75, 3.05) is 26.2 Å². The quantitative estimate of drug-likeness (QED) is 0.787. The summed E-state index contributed by atoms with van der Waals surface area (Å²) in [6, 6.07) is 19.1. The lowest BCUT2D eigenvalue weighted by molar-refractivity contribution is 0.0343. The minimum absolute atomic E-state index is 0.279. The SMILES string of the molecule is [2H]C(=NCCN1CCOC1([2H])c1ccccc1)c1ccccc1. The van der Waals surface area contributed by atoms with Gasteiger partial charge in [0.05, 0.1) is 15.9 Å². The summed E-state index contributed by atoms with van der Waals surface area (Å²) in [5, 5.41) is 0. The molecule has 0 radical (unpaired) electrons. The highest BCUT2D eigenvalue weighted by Gasteiger charge is 2.25. The summed E-state index contributed by atoms with van der Waals surface area (Å²) >= 11 is 0. The topological polar surface area (TPSA) is 24.8 Å². The van der Waals surface area contributed by atoms with Crippen LogP contribution in [0.1, 0.15) is 20.1 Å². The molecule has 108 valence electrons. The van der Waals surface area contributed by atoms with E-state index >= 15 is 0 Å². The van der Waals surface area contributed by atoms with E-state index in [0.29, 0.717) is 26.2 Å². The van der Waals surface area contributed by atoms with Crippen molar-refractivity contribution in [1.82, 2.24) is 4.90 Å². The predicted molar refractivity (Wildman–Crippen MR) is 85.6 cm³/mol. The molecule has 0 spiro atoms. The summed E-state index contributed by atoms with van der Waals surface area (Å²) in [5.74, 6) is 0. The zero-order valence-corrected chi connectivity index (χ0v) is 11.9. The molecule has 1 saturated heterocycles. The molecule has 3 rings (SSSR count). The van der Waals surface area contributed by atoms with E-state index in [9.17, 15) is 0 Å². The summed E-state index contributed by atoms with van der Waals surface area (Å²) in [4.78, 5) is 6.28. The van der Waals surface area contributed by atoms with Crippen molar-refractivity contribution in [3.8, 4) is 0 Å². The minimum atomic E-state index is -1.15. The second-order valence-corrected chi connectivity index (χ2v) is 4.87. The van der Waals surface area contributed by atoms with Gasteiger partial charge >= 0.3 is 0 Å². The average Bonchev–Trinajstić information content (AvgIpc) is 2.98. The van der Waals surface area contributed by atoms with E-state index in [-0.39, 0.29) is 6.19 Å². The summed E-state index contributed by atoms with van der Waals surface area (Å²) in [6.45, 7) is 2.30.